The molecular formula is C22H18ClFN2O3. The van der Waals surface area contributed by atoms with E-state index in [1.54, 1.807) is 36.4 Å². The molecule has 0 aliphatic carbocycles. The van der Waals surface area contributed by atoms with Crippen LogP contribution in [0.2, 0.25) is 5.02 Å². The number of rotatable bonds is 6. The van der Waals surface area contributed by atoms with E-state index in [0.29, 0.717) is 22.0 Å². The van der Waals surface area contributed by atoms with Crippen molar-refractivity contribution in [2.45, 2.75) is 13.5 Å². The Morgan fingerprint density at radius 2 is 1.72 bits per heavy atom. The van der Waals surface area contributed by atoms with Gasteiger partial charge in [0, 0.05) is 17.6 Å². The predicted molar refractivity (Wildman–Crippen MR) is 111 cm³/mol. The molecule has 0 spiro atoms. The van der Waals surface area contributed by atoms with E-state index in [4.69, 9.17) is 16.3 Å². The topological polar surface area (TPSA) is 67.4 Å². The van der Waals surface area contributed by atoms with Crippen molar-refractivity contribution in [1.29, 1.82) is 0 Å². The summed E-state index contributed by atoms with van der Waals surface area (Å²) in [5.74, 6) is -1.01. The summed E-state index contributed by atoms with van der Waals surface area (Å²) in [5, 5.41) is 5.70. The SMILES string of the molecule is CC(=O)Nc1cc(NC(=O)c2ccccc2OCc2ccc(Cl)cc2)ccc1F. The summed E-state index contributed by atoms with van der Waals surface area (Å²) in [7, 11) is 0. The minimum atomic E-state index is -0.593. The van der Waals surface area contributed by atoms with Crippen molar-refractivity contribution in [2.75, 3.05) is 10.6 Å². The molecule has 0 heterocycles. The van der Waals surface area contributed by atoms with Gasteiger partial charge in [-0.05, 0) is 48.0 Å². The molecule has 3 aromatic carbocycles. The first-order valence-electron chi connectivity index (χ1n) is 8.77. The highest BCUT2D eigenvalue weighted by Gasteiger charge is 2.14. The van der Waals surface area contributed by atoms with E-state index in [1.165, 1.54) is 25.1 Å². The number of carbonyl (C=O) groups excluding carboxylic acids is 2. The van der Waals surface area contributed by atoms with E-state index < -0.39 is 17.6 Å². The van der Waals surface area contributed by atoms with Crippen LogP contribution in [0.3, 0.4) is 0 Å². The van der Waals surface area contributed by atoms with Crippen LogP contribution in [0.15, 0.2) is 66.7 Å². The van der Waals surface area contributed by atoms with Gasteiger partial charge in [0.15, 0.2) is 0 Å². The zero-order valence-corrected chi connectivity index (χ0v) is 16.3. The van der Waals surface area contributed by atoms with Crippen LogP contribution >= 0.6 is 11.6 Å². The van der Waals surface area contributed by atoms with E-state index in [1.807, 2.05) is 12.1 Å². The van der Waals surface area contributed by atoms with Crippen LogP contribution in [-0.4, -0.2) is 11.8 Å². The summed E-state index contributed by atoms with van der Waals surface area (Å²) in [6.45, 7) is 1.55. The molecule has 0 atom stereocenters. The van der Waals surface area contributed by atoms with E-state index in [2.05, 4.69) is 10.6 Å². The van der Waals surface area contributed by atoms with E-state index in [0.717, 1.165) is 5.56 Å². The predicted octanol–water partition coefficient (Wildman–Crippen LogP) is 5.27. The Balaban J connectivity index is 1.74. The van der Waals surface area contributed by atoms with Gasteiger partial charge in [0.05, 0.1) is 11.3 Å². The lowest BCUT2D eigenvalue weighted by atomic mass is 10.1. The lowest BCUT2D eigenvalue weighted by Crippen LogP contribution is -2.14. The highest BCUT2D eigenvalue weighted by molar-refractivity contribution is 6.30. The van der Waals surface area contributed by atoms with Crippen molar-refractivity contribution in [1.82, 2.24) is 0 Å². The quantitative estimate of drug-likeness (QED) is 0.579. The molecule has 2 amide bonds. The number of halogens is 2. The molecular weight excluding hydrogens is 395 g/mol. The molecule has 29 heavy (non-hydrogen) atoms. The number of carbonyl (C=O) groups is 2. The Bertz CT molecular complexity index is 1040. The summed E-state index contributed by atoms with van der Waals surface area (Å²) in [6, 6.07) is 18.0. The van der Waals surface area contributed by atoms with Crippen molar-refractivity contribution < 1.29 is 18.7 Å². The molecule has 7 heteroatoms. The molecule has 0 unspecified atom stereocenters. The Morgan fingerprint density at radius 3 is 2.45 bits per heavy atom. The van der Waals surface area contributed by atoms with Crippen LogP contribution in [0.25, 0.3) is 0 Å². The van der Waals surface area contributed by atoms with Crippen LogP contribution < -0.4 is 15.4 Å². The third-order valence-electron chi connectivity index (χ3n) is 3.97. The zero-order chi connectivity index (χ0) is 20.8. The highest BCUT2D eigenvalue weighted by Crippen LogP contribution is 2.24. The number of nitrogens with one attached hydrogen (secondary N) is 2. The number of amides is 2. The lowest BCUT2D eigenvalue weighted by Gasteiger charge is -2.13. The maximum absolute atomic E-state index is 13.8. The van der Waals surface area contributed by atoms with Crippen LogP contribution in [0.5, 0.6) is 5.75 Å². The summed E-state index contributed by atoms with van der Waals surface area (Å²) < 4.78 is 19.6. The number of anilines is 2. The van der Waals surface area contributed by atoms with Gasteiger partial charge in [-0.25, -0.2) is 4.39 Å². The van der Waals surface area contributed by atoms with Crippen LogP contribution in [0.1, 0.15) is 22.8 Å². The van der Waals surface area contributed by atoms with Crippen LogP contribution in [-0.2, 0) is 11.4 Å². The number of hydrogen-bond acceptors (Lipinski definition) is 3. The van der Waals surface area contributed by atoms with Crippen LogP contribution in [0, 0.1) is 5.82 Å². The monoisotopic (exact) mass is 412 g/mol. The van der Waals surface area contributed by atoms with Crippen LogP contribution in [0.4, 0.5) is 15.8 Å². The fourth-order valence-corrected chi connectivity index (χ4v) is 2.73. The lowest BCUT2D eigenvalue weighted by molar-refractivity contribution is -0.114. The van der Waals surface area contributed by atoms with Gasteiger partial charge in [-0.1, -0.05) is 35.9 Å². The van der Waals surface area contributed by atoms with Gasteiger partial charge >= 0.3 is 0 Å². The number of benzene rings is 3. The molecule has 0 radical (unpaired) electrons. The Kier molecular flexibility index (Phi) is 6.46. The molecule has 3 aromatic rings. The molecule has 0 aromatic heterocycles. The first-order chi connectivity index (χ1) is 13.9. The Hall–Kier alpha value is -3.38. The molecule has 5 nitrogen and oxygen atoms in total. The number of ether oxygens (including phenoxy) is 1. The van der Waals surface area contributed by atoms with Gasteiger partial charge in [-0.2, -0.15) is 0 Å². The first-order valence-corrected chi connectivity index (χ1v) is 9.15. The molecule has 0 saturated carbocycles. The van der Waals surface area contributed by atoms with Gasteiger partial charge in [0.2, 0.25) is 5.91 Å². The summed E-state index contributed by atoms with van der Waals surface area (Å²) in [6.07, 6.45) is 0. The summed E-state index contributed by atoms with van der Waals surface area (Å²) in [4.78, 5) is 23.9. The van der Waals surface area contributed by atoms with Crippen molar-refractivity contribution >= 4 is 34.8 Å². The molecule has 0 aliphatic rings. The molecule has 148 valence electrons. The molecule has 0 fully saturated rings. The molecule has 2 N–H and O–H groups in total. The fraction of sp³-hybridized carbons (Fsp3) is 0.0909. The number of hydrogen-bond donors (Lipinski definition) is 2. The molecule has 0 aliphatic heterocycles. The van der Waals surface area contributed by atoms with Crippen molar-refractivity contribution in [3.63, 3.8) is 0 Å². The minimum absolute atomic E-state index is 0.0115. The van der Waals surface area contributed by atoms with Crippen molar-refractivity contribution in [3.05, 3.63) is 88.7 Å². The maximum atomic E-state index is 13.8. The smallest absolute Gasteiger partial charge is 0.259 e. The third-order valence-corrected chi connectivity index (χ3v) is 4.23. The van der Waals surface area contributed by atoms with Crippen molar-refractivity contribution in [2.24, 2.45) is 0 Å². The maximum Gasteiger partial charge on any atom is 0.259 e. The van der Waals surface area contributed by atoms with Gasteiger partial charge in [-0.3, -0.25) is 9.59 Å². The van der Waals surface area contributed by atoms with E-state index in [9.17, 15) is 14.0 Å². The van der Waals surface area contributed by atoms with Gasteiger partial charge in [0.25, 0.3) is 5.91 Å². The van der Waals surface area contributed by atoms with Gasteiger partial charge < -0.3 is 15.4 Å². The van der Waals surface area contributed by atoms with Gasteiger partial charge in [0.1, 0.15) is 18.2 Å². The molecule has 3 rings (SSSR count). The second kappa shape index (κ2) is 9.21. The second-order valence-corrected chi connectivity index (χ2v) is 6.68. The van der Waals surface area contributed by atoms with E-state index in [-0.39, 0.29) is 12.3 Å². The molecule has 0 bridgehead atoms. The van der Waals surface area contributed by atoms with Gasteiger partial charge in [-0.15, -0.1) is 0 Å². The third kappa shape index (κ3) is 5.56. The summed E-state index contributed by atoms with van der Waals surface area (Å²) in [5.41, 5.74) is 1.56. The zero-order valence-electron chi connectivity index (χ0n) is 15.5. The van der Waals surface area contributed by atoms with E-state index >= 15 is 0 Å². The minimum Gasteiger partial charge on any atom is -0.488 e. The standard InChI is InChI=1S/C22H18ClFN2O3/c1-14(27)25-20-12-17(10-11-19(20)24)26-22(28)18-4-2-3-5-21(18)29-13-15-6-8-16(23)9-7-15/h2-12H,13H2,1H3,(H,25,27)(H,26,28). The Morgan fingerprint density at radius 1 is 1.00 bits per heavy atom. The average Bonchev–Trinajstić information content (AvgIpc) is 2.70. The Labute approximate surface area is 172 Å². The molecule has 0 saturated heterocycles. The second-order valence-electron chi connectivity index (χ2n) is 6.24. The van der Waals surface area contributed by atoms with Crippen molar-refractivity contribution in [3.8, 4) is 5.75 Å². The largest absolute Gasteiger partial charge is 0.488 e. The number of para-hydroxylation sites is 1. The highest BCUT2D eigenvalue weighted by atomic mass is 35.5. The fourth-order valence-electron chi connectivity index (χ4n) is 2.61. The normalized spacial score (nSPS) is 10.3. The summed E-state index contributed by atoms with van der Waals surface area (Å²) >= 11 is 5.88. The average molecular weight is 413 g/mol. The first kappa shape index (κ1) is 20.4.